The first-order chi connectivity index (χ1) is 10.5. The van der Waals surface area contributed by atoms with Crippen molar-refractivity contribution < 1.29 is 18.7 Å². The van der Waals surface area contributed by atoms with Gasteiger partial charge in [0.25, 0.3) is 0 Å². The number of rotatable bonds is 3. The Morgan fingerprint density at radius 2 is 1.77 bits per heavy atom. The molecule has 3 rings (SSSR count). The van der Waals surface area contributed by atoms with E-state index in [2.05, 4.69) is 0 Å². The summed E-state index contributed by atoms with van der Waals surface area (Å²) in [5, 5.41) is 1.29. The van der Waals surface area contributed by atoms with Crippen LogP contribution in [0.15, 0.2) is 52.9 Å². The zero-order valence-electron chi connectivity index (χ0n) is 11.6. The maximum Gasteiger partial charge on any atom is 0.379 e. The molecule has 0 aliphatic rings. The Labute approximate surface area is 131 Å². The molecular formula is C17H11ClO4. The van der Waals surface area contributed by atoms with Gasteiger partial charge >= 0.3 is 5.97 Å². The van der Waals surface area contributed by atoms with E-state index in [4.69, 9.17) is 20.8 Å². The quantitative estimate of drug-likeness (QED) is 0.405. The van der Waals surface area contributed by atoms with Crippen LogP contribution in [0.25, 0.3) is 11.0 Å². The molecule has 0 bridgehead atoms. The molecule has 0 fully saturated rings. The van der Waals surface area contributed by atoms with E-state index < -0.39 is 5.97 Å². The van der Waals surface area contributed by atoms with Crippen molar-refractivity contribution in [2.24, 2.45) is 0 Å². The molecule has 0 aliphatic heterocycles. The summed E-state index contributed by atoms with van der Waals surface area (Å²) in [5.74, 6) is -0.226. The molecule has 4 nitrogen and oxygen atoms in total. The number of ketones is 1. The average molecular weight is 315 g/mol. The number of carbonyl (C=O) groups is 2. The van der Waals surface area contributed by atoms with Crippen LogP contribution in [0.2, 0.25) is 5.02 Å². The van der Waals surface area contributed by atoms with E-state index in [0.29, 0.717) is 21.9 Å². The summed E-state index contributed by atoms with van der Waals surface area (Å²) in [7, 11) is 0. The van der Waals surface area contributed by atoms with Crippen molar-refractivity contribution in [2.45, 2.75) is 6.92 Å². The number of carbonyl (C=O) groups excluding carboxylic acids is 2. The second kappa shape index (κ2) is 5.66. The molecule has 0 aliphatic carbocycles. The predicted molar refractivity (Wildman–Crippen MR) is 82.6 cm³/mol. The third-order valence-corrected chi connectivity index (χ3v) is 3.39. The largest absolute Gasteiger partial charge is 0.449 e. The number of fused-ring (bicyclic) bond motifs is 1. The maximum absolute atomic E-state index is 12.1. The van der Waals surface area contributed by atoms with Crippen LogP contribution in [0.5, 0.6) is 5.75 Å². The molecule has 0 spiro atoms. The van der Waals surface area contributed by atoms with E-state index in [1.807, 2.05) is 0 Å². The van der Waals surface area contributed by atoms with E-state index in [9.17, 15) is 9.59 Å². The lowest BCUT2D eigenvalue weighted by Crippen LogP contribution is -2.07. The average Bonchev–Trinajstić information content (AvgIpc) is 2.91. The Morgan fingerprint density at radius 3 is 2.45 bits per heavy atom. The minimum absolute atomic E-state index is 0.0490. The molecule has 5 heteroatoms. The van der Waals surface area contributed by atoms with Crippen LogP contribution in [0.4, 0.5) is 0 Å². The molecule has 3 aromatic rings. The van der Waals surface area contributed by atoms with E-state index >= 15 is 0 Å². The molecule has 0 N–H and O–H groups in total. The first-order valence-corrected chi connectivity index (χ1v) is 6.93. The number of halogens is 1. The van der Waals surface area contributed by atoms with Gasteiger partial charge < -0.3 is 9.15 Å². The standard InChI is InChI=1S/C17H11ClO4/c1-10(19)11-2-5-14(6-3-11)21-17(20)16-9-12-8-13(18)4-7-15(12)22-16/h2-9H,1H3. The van der Waals surface area contributed by atoms with Gasteiger partial charge in [0, 0.05) is 16.0 Å². The maximum atomic E-state index is 12.1. The normalized spacial score (nSPS) is 10.6. The van der Waals surface area contributed by atoms with Gasteiger partial charge in [-0.25, -0.2) is 4.79 Å². The Morgan fingerprint density at radius 1 is 1.05 bits per heavy atom. The van der Waals surface area contributed by atoms with Gasteiger partial charge in [-0.05, 0) is 55.5 Å². The van der Waals surface area contributed by atoms with Gasteiger partial charge in [-0.15, -0.1) is 0 Å². The fourth-order valence-corrected chi connectivity index (χ4v) is 2.21. The summed E-state index contributed by atoms with van der Waals surface area (Å²) < 4.78 is 10.6. The minimum Gasteiger partial charge on any atom is -0.449 e. The van der Waals surface area contributed by atoms with Gasteiger partial charge in [0.05, 0.1) is 0 Å². The highest BCUT2D eigenvalue weighted by molar-refractivity contribution is 6.31. The van der Waals surface area contributed by atoms with E-state index in [1.54, 1.807) is 48.5 Å². The lowest BCUT2D eigenvalue weighted by atomic mass is 10.1. The second-order valence-corrected chi connectivity index (χ2v) is 5.20. The number of Topliss-reactive ketones (excluding diaryl/α,β-unsaturated/α-hetero) is 1. The van der Waals surface area contributed by atoms with Crippen molar-refractivity contribution in [1.82, 2.24) is 0 Å². The van der Waals surface area contributed by atoms with Crippen LogP contribution < -0.4 is 4.74 Å². The van der Waals surface area contributed by atoms with Gasteiger partial charge in [-0.3, -0.25) is 4.79 Å². The molecule has 0 amide bonds. The highest BCUT2D eigenvalue weighted by atomic mass is 35.5. The summed E-state index contributed by atoms with van der Waals surface area (Å²) in [6.07, 6.45) is 0. The molecule has 1 aromatic heterocycles. The van der Waals surface area contributed by atoms with Crippen LogP contribution in [-0.2, 0) is 0 Å². The topological polar surface area (TPSA) is 56.5 Å². The van der Waals surface area contributed by atoms with Gasteiger partial charge in [0.2, 0.25) is 5.76 Å². The predicted octanol–water partition coefficient (Wildman–Crippen LogP) is 4.51. The third-order valence-electron chi connectivity index (χ3n) is 3.15. The van der Waals surface area contributed by atoms with Crippen molar-refractivity contribution in [2.75, 3.05) is 0 Å². The first kappa shape index (κ1) is 14.4. The lowest BCUT2D eigenvalue weighted by molar-refractivity contribution is 0.0704. The zero-order valence-corrected chi connectivity index (χ0v) is 12.4. The Balaban J connectivity index is 1.81. The highest BCUT2D eigenvalue weighted by Gasteiger charge is 2.15. The van der Waals surface area contributed by atoms with E-state index in [0.717, 1.165) is 5.39 Å². The van der Waals surface area contributed by atoms with Gasteiger partial charge in [0.15, 0.2) is 5.78 Å². The summed E-state index contributed by atoms with van der Waals surface area (Å²) in [4.78, 5) is 23.3. The highest BCUT2D eigenvalue weighted by Crippen LogP contribution is 2.24. The molecule has 0 atom stereocenters. The number of hydrogen-bond donors (Lipinski definition) is 0. The van der Waals surface area contributed by atoms with E-state index in [1.165, 1.54) is 6.92 Å². The first-order valence-electron chi connectivity index (χ1n) is 6.55. The third kappa shape index (κ3) is 2.87. The molecule has 0 saturated carbocycles. The van der Waals surface area contributed by atoms with Gasteiger partial charge in [-0.2, -0.15) is 0 Å². The Kier molecular flexibility index (Phi) is 3.69. The zero-order chi connectivity index (χ0) is 15.7. The van der Waals surface area contributed by atoms with Crippen molar-refractivity contribution in [3.8, 4) is 5.75 Å². The van der Waals surface area contributed by atoms with Crippen LogP contribution >= 0.6 is 11.6 Å². The second-order valence-electron chi connectivity index (χ2n) is 4.76. The molecular weight excluding hydrogens is 304 g/mol. The molecule has 0 radical (unpaired) electrons. The fraction of sp³-hybridized carbons (Fsp3) is 0.0588. The summed E-state index contributed by atoms with van der Waals surface area (Å²) in [6.45, 7) is 1.47. The number of furan rings is 1. The Bertz CT molecular complexity index is 862. The molecule has 2 aromatic carbocycles. The minimum atomic E-state index is -0.608. The molecule has 1 heterocycles. The van der Waals surface area contributed by atoms with E-state index in [-0.39, 0.29) is 11.5 Å². The molecule has 22 heavy (non-hydrogen) atoms. The lowest BCUT2D eigenvalue weighted by Gasteiger charge is -2.02. The van der Waals surface area contributed by atoms with Crippen LogP contribution in [0, 0.1) is 0 Å². The SMILES string of the molecule is CC(=O)c1ccc(OC(=O)c2cc3cc(Cl)ccc3o2)cc1. The Hall–Kier alpha value is -2.59. The number of hydrogen-bond acceptors (Lipinski definition) is 4. The summed E-state index contributed by atoms with van der Waals surface area (Å²) in [5.41, 5.74) is 1.11. The van der Waals surface area contributed by atoms with Gasteiger partial charge in [-0.1, -0.05) is 11.6 Å². The summed E-state index contributed by atoms with van der Waals surface area (Å²) in [6, 6.07) is 13.0. The monoisotopic (exact) mass is 314 g/mol. The fourth-order valence-electron chi connectivity index (χ4n) is 2.03. The smallest absolute Gasteiger partial charge is 0.379 e. The summed E-state index contributed by atoms with van der Waals surface area (Å²) >= 11 is 5.89. The molecule has 0 unspecified atom stereocenters. The molecule has 0 saturated heterocycles. The van der Waals surface area contributed by atoms with Crippen LogP contribution in [0.3, 0.4) is 0 Å². The molecule has 110 valence electrons. The van der Waals surface area contributed by atoms with Crippen LogP contribution in [0.1, 0.15) is 27.8 Å². The number of benzene rings is 2. The van der Waals surface area contributed by atoms with Crippen molar-refractivity contribution in [3.63, 3.8) is 0 Å². The van der Waals surface area contributed by atoms with Crippen molar-refractivity contribution in [1.29, 1.82) is 0 Å². The van der Waals surface area contributed by atoms with Crippen molar-refractivity contribution in [3.05, 3.63) is 64.9 Å². The van der Waals surface area contributed by atoms with Crippen molar-refractivity contribution >= 4 is 34.3 Å². The van der Waals surface area contributed by atoms with Gasteiger partial charge in [0.1, 0.15) is 11.3 Å². The van der Waals surface area contributed by atoms with Crippen LogP contribution in [-0.4, -0.2) is 11.8 Å². The number of ether oxygens (including phenoxy) is 1. The number of esters is 1.